The van der Waals surface area contributed by atoms with Gasteiger partial charge in [-0.1, -0.05) is 6.92 Å². The van der Waals surface area contributed by atoms with E-state index in [2.05, 4.69) is 23.7 Å². The quantitative estimate of drug-likeness (QED) is 0.760. The molecule has 0 aliphatic carbocycles. The van der Waals surface area contributed by atoms with Crippen LogP contribution in [0.4, 0.5) is 5.13 Å². The molecule has 1 fully saturated rings. The third-order valence-electron chi connectivity index (χ3n) is 3.19. The van der Waals surface area contributed by atoms with Gasteiger partial charge >= 0.3 is 5.97 Å². The van der Waals surface area contributed by atoms with E-state index in [0.717, 1.165) is 16.6 Å². The van der Waals surface area contributed by atoms with Gasteiger partial charge in [-0.25, -0.2) is 9.78 Å². The molecule has 17 heavy (non-hydrogen) atoms. The molecule has 1 aliphatic heterocycles. The van der Waals surface area contributed by atoms with E-state index in [1.165, 1.54) is 13.5 Å². The summed E-state index contributed by atoms with van der Waals surface area (Å²) in [6, 6.07) is 0.501. The fraction of sp³-hybridized carbons (Fsp3) is 0.667. The Labute approximate surface area is 106 Å². The highest BCUT2D eigenvalue weighted by Gasteiger charge is 2.29. The minimum absolute atomic E-state index is 0.343. The summed E-state index contributed by atoms with van der Waals surface area (Å²) < 4.78 is 4.73. The molecule has 2 atom stereocenters. The Morgan fingerprint density at radius 3 is 2.76 bits per heavy atom. The fourth-order valence-electron chi connectivity index (χ4n) is 2.36. The fourth-order valence-corrected chi connectivity index (χ4v) is 3.37. The standard InChI is InChI=1S/C12H18N2O2S/c1-7-5-8(2)14(6-7)12-13-10(9(3)17-12)11(15)16-4/h7-8H,5-6H2,1-4H3. The molecule has 0 aromatic carbocycles. The summed E-state index contributed by atoms with van der Waals surface area (Å²) in [5, 5.41) is 0.944. The zero-order chi connectivity index (χ0) is 12.6. The Bertz CT molecular complexity index is 430. The lowest BCUT2D eigenvalue weighted by Gasteiger charge is -2.19. The van der Waals surface area contributed by atoms with E-state index < -0.39 is 0 Å². The molecule has 1 aromatic rings. The first-order valence-electron chi connectivity index (χ1n) is 5.85. The van der Waals surface area contributed by atoms with Gasteiger partial charge in [0, 0.05) is 17.5 Å². The highest BCUT2D eigenvalue weighted by atomic mass is 32.1. The highest BCUT2D eigenvalue weighted by molar-refractivity contribution is 7.15. The van der Waals surface area contributed by atoms with Gasteiger partial charge in [0.2, 0.25) is 0 Å². The van der Waals surface area contributed by atoms with E-state index in [9.17, 15) is 4.79 Å². The lowest BCUT2D eigenvalue weighted by atomic mass is 10.1. The summed E-state index contributed by atoms with van der Waals surface area (Å²) in [6.07, 6.45) is 1.19. The second-order valence-corrected chi connectivity index (χ2v) is 5.92. The summed E-state index contributed by atoms with van der Waals surface area (Å²) in [5.41, 5.74) is 0.458. The maximum absolute atomic E-state index is 11.5. The van der Waals surface area contributed by atoms with Crippen LogP contribution in [0.3, 0.4) is 0 Å². The largest absolute Gasteiger partial charge is 0.464 e. The number of nitrogens with zero attached hydrogens (tertiary/aromatic N) is 2. The number of aryl methyl sites for hydroxylation is 1. The number of rotatable bonds is 2. The van der Waals surface area contributed by atoms with Gasteiger partial charge in [-0.2, -0.15) is 0 Å². The third-order valence-corrected chi connectivity index (χ3v) is 4.20. The minimum Gasteiger partial charge on any atom is -0.464 e. The van der Waals surface area contributed by atoms with Gasteiger partial charge in [0.05, 0.1) is 7.11 Å². The number of methoxy groups -OCH3 is 1. The molecule has 2 unspecified atom stereocenters. The Balaban J connectivity index is 2.26. The average molecular weight is 254 g/mol. The van der Waals surface area contributed by atoms with Gasteiger partial charge in [-0.15, -0.1) is 11.3 Å². The maximum Gasteiger partial charge on any atom is 0.357 e. The molecule has 0 bridgehead atoms. The number of hydrogen-bond acceptors (Lipinski definition) is 5. The Morgan fingerprint density at radius 2 is 2.24 bits per heavy atom. The van der Waals surface area contributed by atoms with Crippen molar-refractivity contribution in [2.75, 3.05) is 18.6 Å². The lowest BCUT2D eigenvalue weighted by molar-refractivity contribution is 0.0594. The zero-order valence-electron chi connectivity index (χ0n) is 10.7. The van der Waals surface area contributed by atoms with Crippen molar-refractivity contribution in [2.45, 2.75) is 33.2 Å². The van der Waals surface area contributed by atoms with E-state index in [0.29, 0.717) is 17.7 Å². The number of ether oxygens (including phenoxy) is 1. The Hall–Kier alpha value is -1.10. The number of esters is 1. The van der Waals surface area contributed by atoms with Crippen molar-refractivity contribution in [3.8, 4) is 0 Å². The van der Waals surface area contributed by atoms with E-state index in [1.807, 2.05) is 6.92 Å². The van der Waals surface area contributed by atoms with Crippen LogP contribution in [0.15, 0.2) is 0 Å². The minimum atomic E-state index is -0.343. The van der Waals surface area contributed by atoms with Gasteiger partial charge in [-0.3, -0.25) is 0 Å². The van der Waals surface area contributed by atoms with Gasteiger partial charge in [0.1, 0.15) is 0 Å². The number of carbonyl (C=O) groups excluding carboxylic acids is 1. The van der Waals surface area contributed by atoms with Gasteiger partial charge in [0.25, 0.3) is 0 Å². The molecule has 1 aliphatic rings. The van der Waals surface area contributed by atoms with E-state index >= 15 is 0 Å². The lowest BCUT2D eigenvalue weighted by Crippen LogP contribution is -2.26. The van der Waals surface area contributed by atoms with Crippen LogP contribution < -0.4 is 4.90 Å². The van der Waals surface area contributed by atoms with Gasteiger partial charge < -0.3 is 9.64 Å². The highest BCUT2D eigenvalue weighted by Crippen LogP contribution is 2.33. The number of anilines is 1. The number of thiazole rings is 1. The van der Waals surface area contributed by atoms with Gasteiger partial charge in [0.15, 0.2) is 10.8 Å². The summed E-state index contributed by atoms with van der Waals surface area (Å²) in [7, 11) is 1.39. The third kappa shape index (κ3) is 2.29. The molecule has 94 valence electrons. The topological polar surface area (TPSA) is 42.4 Å². The molecule has 0 amide bonds. The molecule has 0 radical (unpaired) electrons. The van der Waals surface area contributed by atoms with Crippen LogP contribution >= 0.6 is 11.3 Å². The van der Waals surface area contributed by atoms with Crippen molar-refractivity contribution in [2.24, 2.45) is 5.92 Å². The van der Waals surface area contributed by atoms with Crippen LogP contribution in [-0.4, -0.2) is 30.6 Å². The van der Waals surface area contributed by atoms with Crippen molar-refractivity contribution >= 4 is 22.4 Å². The van der Waals surface area contributed by atoms with E-state index in [4.69, 9.17) is 4.74 Å². The van der Waals surface area contributed by atoms with Crippen molar-refractivity contribution in [3.63, 3.8) is 0 Å². The first-order chi connectivity index (χ1) is 8.02. The summed E-state index contributed by atoms with van der Waals surface area (Å²) in [4.78, 5) is 19.1. The molecule has 2 heterocycles. The van der Waals surface area contributed by atoms with Crippen LogP contribution in [0.5, 0.6) is 0 Å². The van der Waals surface area contributed by atoms with Gasteiger partial charge in [-0.05, 0) is 26.2 Å². The molecule has 1 aromatic heterocycles. The van der Waals surface area contributed by atoms with Crippen molar-refractivity contribution in [3.05, 3.63) is 10.6 Å². The van der Waals surface area contributed by atoms with Crippen molar-refractivity contribution in [1.82, 2.24) is 4.98 Å². The predicted octanol–water partition coefficient (Wildman–Crippen LogP) is 2.47. The first kappa shape index (κ1) is 12.4. The Kier molecular flexibility index (Phi) is 3.38. The molecule has 0 N–H and O–H groups in total. The number of aromatic nitrogens is 1. The molecule has 4 nitrogen and oxygen atoms in total. The summed E-state index contributed by atoms with van der Waals surface area (Å²) in [5.74, 6) is 0.348. The molecular formula is C12H18N2O2S. The molecule has 0 saturated carbocycles. The molecule has 2 rings (SSSR count). The van der Waals surface area contributed by atoms with Crippen LogP contribution in [0, 0.1) is 12.8 Å². The first-order valence-corrected chi connectivity index (χ1v) is 6.67. The van der Waals surface area contributed by atoms with Crippen LogP contribution in [0.25, 0.3) is 0 Å². The smallest absolute Gasteiger partial charge is 0.357 e. The molecule has 0 spiro atoms. The molecule has 1 saturated heterocycles. The monoisotopic (exact) mass is 254 g/mol. The molecular weight excluding hydrogens is 236 g/mol. The Morgan fingerprint density at radius 1 is 1.53 bits per heavy atom. The second-order valence-electron chi connectivity index (χ2n) is 4.74. The summed E-state index contributed by atoms with van der Waals surface area (Å²) in [6.45, 7) is 7.39. The van der Waals surface area contributed by atoms with Crippen LogP contribution in [0.1, 0.15) is 35.6 Å². The second kappa shape index (κ2) is 4.64. The van der Waals surface area contributed by atoms with Crippen molar-refractivity contribution < 1.29 is 9.53 Å². The number of carbonyl (C=O) groups is 1. The van der Waals surface area contributed by atoms with Crippen LogP contribution in [0.2, 0.25) is 0 Å². The van der Waals surface area contributed by atoms with Crippen LogP contribution in [-0.2, 0) is 4.74 Å². The average Bonchev–Trinajstić information content (AvgIpc) is 2.80. The summed E-state index contributed by atoms with van der Waals surface area (Å²) >= 11 is 1.58. The zero-order valence-corrected chi connectivity index (χ0v) is 11.5. The predicted molar refractivity (Wildman–Crippen MR) is 68.8 cm³/mol. The molecule has 5 heteroatoms. The maximum atomic E-state index is 11.5. The van der Waals surface area contributed by atoms with E-state index in [-0.39, 0.29) is 5.97 Å². The normalized spacial score (nSPS) is 24.1. The van der Waals surface area contributed by atoms with E-state index in [1.54, 1.807) is 11.3 Å². The SMILES string of the molecule is COC(=O)c1nc(N2CC(C)CC2C)sc1C. The number of hydrogen-bond donors (Lipinski definition) is 0. The van der Waals surface area contributed by atoms with Crippen molar-refractivity contribution in [1.29, 1.82) is 0 Å².